The Morgan fingerprint density at radius 2 is 1.96 bits per heavy atom. The van der Waals surface area contributed by atoms with E-state index >= 15 is 0 Å². The number of halogens is 1. The van der Waals surface area contributed by atoms with Crippen LogP contribution in [-0.4, -0.2) is 42.0 Å². The average molecular weight is 408 g/mol. The molecule has 1 fully saturated rings. The number of esters is 1. The van der Waals surface area contributed by atoms with Crippen LogP contribution >= 0.6 is 11.6 Å². The van der Waals surface area contributed by atoms with Gasteiger partial charge in [-0.3, -0.25) is 14.9 Å². The molecule has 28 heavy (non-hydrogen) atoms. The predicted molar refractivity (Wildman–Crippen MR) is 107 cm³/mol. The maximum atomic E-state index is 11.8. The van der Waals surface area contributed by atoms with E-state index in [4.69, 9.17) is 21.1 Å². The first-order chi connectivity index (χ1) is 13.5. The van der Waals surface area contributed by atoms with Crippen LogP contribution < -0.4 is 10.1 Å². The van der Waals surface area contributed by atoms with E-state index in [1.165, 1.54) is 6.92 Å². The minimum absolute atomic E-state index is 0.0491. The number of ether oxygens (including phenoxy) is 2. The fourth-order valence-electron chi connectivity index (χ4n) is 3.29. The molecule has 152 valence electrons. The van der Waals surface area contributed by atoms with Crippen LogP contribution in [0.2, 0.25) is 5.02 Å². The van der Waals surface area contributed by atoms with Gasteiger partial charge in [0.25, 0.3) is 0 Å². The van der Waals surface area contributed by atoms with Crippen LogP contribution in [0.3, 0.4) is 0 Å². The predicted octanol–water partition coefficient (Wildman–Crippen LogP) is 3.55. The number of aliphatic imine (C=N–C) groups is 1. The molecular formula is C20H26ClN3O4. The van der Waals surface area contributed by atoms with E-state index in [1.807, 2.05) is 24.0 Å². The van der Waals surface area contributed by atoms with Crippen molar-refractivity contribution in [3.05, 3.63) is 22.7 Å². The second-order valence-electron chi connectivity index (χ2n) is 7.06. The highest BCUT2D eigenvalue weighted by Gasteiger charge is 2.36. The minimum Gasteiger partial charge on any atom is -0.492 e. The Morgan fingerprint density at radius 3 is 2.71 bits per heavy atom. The molecular weight excluding hydrogens is 382 g/mol. The van der Waals surface area contributed by atoms with E-state index in [0.29, 0.717) is 36.5 Å². The molecule has 2 aliphatic heterocycles. The number of hydrogen-bond donors (Lipinski definition) is 1. The lowest BCUT2D eigenvalue weighted by Gasteiger charge is -2.27. The Hall–Kier alpha value is -2.28. The monoisotopic (exact) mass is 407 g/mol. The molecule has 7 nitrogen and oxygen atoms in total. The third-order valence-electron chi connectivity index (χ3n) is 4.94. The summed E-state index contributed by atoms with van der Waals surface area (Å²) in [5, 5.41) is 3.35. The molecule has 0 bridgehead atoms. The first kappa shape index (κ1) is 20.5. The zero-order valence-corrected chi connectivity index (χ0v) is 17.1. The molecule has 0 spiro atoms. The van der Waals surface area contributed by atoms with Crippen molar-refractivity contribution in [2.45, 2.75) is 58.5 Å². The lowest BCUT2D eigenvalue weighted by atomic mass is 10.1. The third kappa shape index (κ3) is 4.76. The summed E-state index contributed by atoms with van der Waals surface area (Å²) in [6.45, 7) is 4.90. The summed E-state index contributed by atoms with van der Waals surface area (Å²) in [6.07, 6.45) is 4.99. The van der Waals surface area contributed by atoms with Gasteiger partial charge in [0, 0.05) is 12.5 Å². The summed E-state index contributed by atoms with van der Waals surface area (Å²) in [5.41, 5.74) is 1.66. The van der Waals surface area contributed by atoms with Crippen LogP contribution in [0.4, 0.5) is 5.69 Å². The van der Waals surface area contributed by atoms with Crippen molar-refractivity contribution in [2.75, 3.05) is 13.2 Å². The molecule has 1 unspecified atom stereocenters. The van der Waals surface area contributed by atoms with Crippen molar-refractivity contribution in [1.82, 2.24) is 10.2 Å². The summed E-state index contributed by atoms with van der Waals surface area (Å²) >= 11 is 6.56. The van der Waals surface area contributed by atoms with E-state index in [0.717, 1.165) is 43.4 Å². The normalized spacial score (nSPS) is 17.5. The molecule has 2 heterocycles. The van der Waals surface area contributed by atoms with Crippen molar-refractivity contribution in [2.24, 2.45) is 4.99 Å². The Morgan fingerprint density at radius 1 is 1.25 bits per heavy atom. The molecule has 1 saturated heterocycles. The van der Waals surface area contributed by atoms with Crippen molar-refractivity contribution < 1.29 is 19.1 Å². The van der Waals surface area contributed by atoms with Gasteiger partial charge in [0.2, 0.25) is 11.9 Å². The highest BCUT2D eigenvalue weighted by Crippen LogP contribution is 2.39. The Balaban J connectivity index is 1.45. The molecule has 3 rings (SSSR count). The first-order valence-electron chi connectivity index (χ1n) is 9.71. The fourth-order valence-corrected chi connectivity index (χ4v) is 3.56. The van der Waals surface area contributed by atoms with Gasteiger partial charge < -0.3 is 14.4 Å². The van der Waals surface area contributed by atoms with Gasteiger partial charge in [0.05, 0.1) is 30.5 Å². The number of guanidine groups is 1. The largest absolute Gasteiger partial charge is 0.492 e. The van der Waals surface area contributed by atoms with Gasteiger partial charge in [-0.15, -0.1) is 0 Å². The minimum atomic E-state index is -0.256. The zero-order valence-electron chi connectivity index (χ0n) is 16.3. The van der Waals surface area contributed by atoms with Crippen LogP contribution in [-0.2, 0) is 20.9 Å². The fraction of sp³-hybridized carbons (Fsp3) is 0.550. The number of nitrogens with one attached hydrogen (secondary N) is 1. The summed E-state index contributed by atoms with van der Waals surface area (Å²) in [6, 6.07) is 3.46. The molecule has 1 amide bonds. The molecule has 1 aromatic carbocycles. The van der Waals surface area contributed by atoms with Gasteiger partial charge in [0.15, 0.2) is 0 Å². The van der Waals surface area contributed by atoms with E-state index in [1.54, 1.807) is 0 Å². The molecule has 1 atom stereocenters. The summed E-state index contributed by atoms with van der Waals surface area (Å²) in [7, 11) is 0. The summed E-state index contributed by atoms with van der Waals surface area (Å²) in [4.78, 5) is 28.9. The molecule has 8 heteroatoms. The van der Waals surface area contributed by atoms with Crippen molar-refractivity contribution in [3.8, 4) is 5.75 Å². The highest BCUT2D eigenvalue weighted by atomic mass is 35.5. The topological polar surface area (TPSA) is 80.2 Å². The Labute approximate surface area is 170 Å². The maximum absolute atomic E-state index is 11.8. The summed E-state index contributed by atoms with van der Waals surface area (Å²) < 4.78 is 10.8. The third-order valence-corrected chi connectivity index (χ3v) is 5.36. The molecule has 0 aromatic heterocycles. The van der Waals surface area contributed by atoms with Gasteiger partial charge in [-0.2, -0.15) is 0 Å². The Bertz CT molecular complexity index is 781. The van der Waals surface area contributed by atoms with E-state index < -0.39 is 0 Å². The number of carbonyl (C=O) groups excluding carboxylic acids is 2. The van der Waals surface area contributed by atoms with Gasteiger partial charge in [-0.1, -0.05) is 30.9 Å². The molecule has 1 N–H and O–H groups in total. The number of benzene rings is 1. The number of amides is 1. The number of nitrogens with zero attached hydrogens (tertiary/aromatic N) is 2. The molecule has 0 saturated carbocycles. The molecule has 2 aliphatic rings. The highest BCUT2D eigenvalue weighted by molar-refractivity contribution is 6.33. The standard InChI is InChI=1S/C20H26ClN3O4/c1-13-19(26)23-20-22-16-8-9-17(18(21)15(16)12-24(13)20)28-11-7-5-3-4-6-10-27-14(2)25/h8-9,13H,3-7,10-12H2,1-2H3,(H,22,23,26). The van der Waals surface area contributed by atoms with Gasteiger partial charge >= 0.3 is 5.97 Å². The average Bonchev–Trinajstić information content (AvgIpc) is 2.94. The van der Waals surface area contributed by atoms with Crippen LogP contribution in [0, 0.1) is 0 Å². The number of fused-ring (bicyclic) bond motifs is 2. The number of carbonyl (C=O) groups is 2. The van der Waals surface area contributed by atoms with Crippen LogP contribution in [0.1, 0.15) is 51.5 Å². The summed E-state index contributed by atoms with van der Waals surface area (Å²) in [5.74, 6) is 0.967. The van der Waals surface area contributed by atoms with Crippen LogP contribution in [0.5, 0.6) is 5.75 Å². The van der Waals surface area contributed by atoms with Crippen LogP contribution in [0.25, 0.3) is 0 Å². The van der Waals surface area contributed by atoms with Gasteiger partial charge in [-0.25, -0.2) is 4.99 Å². The molecule has 0 radical (unpaired) electrons. The second-order valence-corrected chi connectivity index (χ2v) is 7.44. The lowest BCUT2D eigenvalue weighted by molar-refractivity contribution is -0.141. The maximum Gasteiger partial charge on any atom is 0.302 e. The zero-order chi connectivity index (χ0) is 20.1. The molecule has 0 aliphatic carbocycles. The number of rotatable bonds is 9. The SMILES string of the molecule is CC(=O)OCCCCCCCOc1ccc2c(c1Cl)CN1C(=N2)NC(=O)C1C. The van der Waals surface area contributed by atoms with E-state index in [2.05, 4.69) is 10.3 Å². The first-order valence-corrected chi connectivity index (χ1v) is 10.1. The van der Waals surface area contributed by atoms with E-state index in [-0.39, 0.29) is 17.9 Å². The smallest absolute Gasteiger partial charge is 0.302 e. The lowest BCUT2D eigenvalue weighted by Crippen LogP contribution is -2.35. The molecule has 1 aromatic rings. The quantitative estimate of drug-likeness (QED) is 0.500. The van der Waals surface area contributed by atoms with Gasteiger partial charge in [0.1, 0.15) is 11.8 Å². The number of unbranched alkanes of at least 4 members (excludes halogenated alkanes) is 4. The van der Waals surface area contributed by atoms with Crippen LogP contribution in [0.15, 0.2) is 17.1 Å². The number of hydrogen-bond acceptors (Lipinski definition) is 6. The Kier molecular flexibility index (Phi) is 6.78. The van der Waals surface area contributed by atoms with Gasteiger partial charge in [-0.05, 0) is 31.9 Å². The van der Waals surface area contributed by atoms with E-state index in [9.17, 15) is 9.59 Å². The van der Waals surface area contributed by atoms with Crippen molar-refractivity contribution >= 4 is 35.1 Å². The second kappa shape index (κ2) is 9.28. The van der Waals surface area contributed by atoms with Crippen molar-refractivity contribution in [3.63, 3.8) is 0 Å². The van der Waals surface area contributed by atoms with Crippen molar-refractivity contribution in [1.29, 1.82) is 0 Å².